The van der Waals surface area contributed by atoms with Gasteiger partial charge in [0.2, 0.25) is 0 Å². The van der Waals surface area contributed by atoms with Crippen molar-refractivity contribution in [1.82, 2.24) is 0 Å². The number of ether oxygens (including phenoxy) is 1. The highest BCUT2D eigenvalue weighted by atomic mass is 16.6. The summed E-state index contributed by atoms with van der Waals surface area (Å²) in [4.78, 5) is 48.2. The standard InChI is InChI=1S/C28H20N2O6/c31-26(21-15-13-20(14-16-21)19-7-2-1-3-8-19)18-36-28(33)24-11-4-5-12-25(24)29-27(32)22-9-6-10-23(17-22)30(34)35/h1-17H,18H2,(H,29,32). The fourth-order valence-corrected chi connectivity index (χ4v) is 3.50. The van der Waals surface area contributed by atoms with Crippen molar-refractivity contribution in [3.8, 4) is 11.1 Å². The Kier molecular flexibility index (Phi) is 7.26. The number of nitro benzene ring substituents is 1. The molecule has 0 spiro atoms. The van der Waals surface area contributed by atoms with Crippen LogP contribution in [0.15, 0.2) is 103 Å². The van der Waals surface area contributed by atoms with E-state index in [9.17, 15) is 24.5 Å². The summed E-state index contributed by atoms with van der Waals surface area (Å²) >= 11 is 0. The number of ketones is 1. The topological polar surface area (TPSA) is 116 Å². The van der Waals surface area contributed by atoms with Gasteiger partial charge in [-0.15, -0.1) is 0 Å². The Morgan fingerprint density at radius 1 is 0.750 bits per heavy atom. The lowest BCUT2D eigenvalue weighted by Crippen LogP contribution is -2.18. The van der Waals surface area contributed by atoms with Gasteiger partial charge in [0.15, 0.2) is 12.4 Å². The van der Waals surface area contributed by atoms with E-state index in [1.165, 1.54) is 30.3 Å². The van der Waals surface area contributed by atoms with Gasteiger partial charge in [-0.25, -0.2) is 4.79 Å². The number of non-ortho nitro benzene ring substituents is 1. The van der Waals surface area contributed by atoms with Crippen LogP contribution in [0.1, 0.15) is 31.1 Å². The molecule has 1 N–H and O–H groups in total. The van der Waals surface area contributed by atoms with Crippen molar-refractivity contribution in [2.45, 2.75) is 0 Å². The molecule has 0 heterocycles. The van der Waals surface area contributed by atoms with E-state index in [1.54, 1.807) is 24.3 Å². The van der Waals surface area contributed by atoms with Crippen LogP contribution in [0.4, 0.5) is 11.4 Å². The normalized spacial score (nSPS) is 10.3. The van der Waals surface area contributed by atoms with E-state index in [1.807, 2.05) is 42.5 Å². The molecule has 8 nitrogen and oxygen atoms in total. The molecule has 0 saturated carbocycles. The van der Waals surface area contributed by atoms with Crippen LogP contribution in [0.25, 0.3) is 11.1 Å². The van der Waals surface area contributed by atoms with Gasteiger partial charge in [0.25, 0.3) is 11.6 Å². The number of nitrogens with zero attached hydrogens (tertiary/aromatic N) is 1. The molecule has 0 aliphatic carbocycles. The number of anilines is 1. The lowest BCUT2D eigenvalue weighted by Gasteiger charge is -2.11. The van der Waals surface area contributed by atoms with Gasteiger partial charge in [-0.1, -0.05) is 72.8 Å². The van der Waals surface area contributed by atoms with Crippen molar-refractivity contribution in [3.63, 3.8) is 0 Å². The van der Waals surface area contributed by atoms with Gasteiger partial charge in [-0.2, -0.15) is 0 Å². The summed E-state index contributed by atoms with van der Waals surface area (Å²) < 4.78 is 5.21. The zero-order chi connectivity index (χ0) is 25.5. The van der Waals surface area contributed by atoms with E-state index in [2.05, 4.69) is 5.32 Å². The molecule has 1 amide bonds. The number of carbonyl (C=O) groups excluding carboxylic acids is 3. The molecule has 0 fully saturated rings. The lowest BCUT2D eigenvalue weighted by molar-refractivity contribution is -0.384. The SMILES string of the molecule is O=C(COC(=O)c1ccccc1NC(=O)c1cccc([N+](=O)[O-])c1)c1ccc(-c2ccccc2)cc1. The molecule has 36 heavy (non-hydrogen) atoms. The summed E-state index contributed by atoms with van der Waals surface area (Å²) in [5.74, 6) is -1.80. The summed E-state index contributed by atoms with van der Waals surface area (Å²) in [5, 5.41) is 13.5. The van der Waals surface area contributed by atoms with Gasteiger partial charge in [-0.3, -0.25) is 19.7 Å². The maximum atomic E-state index is 12.7. The molecule has 4 aromatic rings. The molecule has 0 bridgehead atoms. The Balaban J connectivity index is 1.41. The Morgan fingerprint density at radius 3 is 2.14 bits per heavy atom. The van der Waals surface area contributed by atoms with Crippen LogP contribution in [0.5, 0.6) is 0 Å². The zero-order valence-electron chi connectivity index (χ0n) is 18.9. The van der Waals surface area contributed by atoms with Crippen molar-refractivity contribution in [2.75, 3.05) is 11.9 Å². The van der Waals surface area contributed by atoms with Crippen LogP contribution in [-0.4, -0.2) is 29.2 Å². The Morgan fingerprint density at radius 2 is 1.42 bits per heavy atom. The average molecular weight is 480 g/mol. The molecular formula is C28H20N2O6. The average Bonchev–Trinajstić information content (AvgIpc) is 2.92. The molecule has 0 aromatic heterocycles. The van der Waals surface area contributed by atoms with Gasteiger partial charge in [0.05, 0.1) is 16.2 Å². The highest BCUT2D eigenvalue weighted by molar-refractivity contribution is 6.08. The number of amides is 1. The summed E-state index contributed by atoms with van der Waals surface area (Å²) in [5.41, 5.74) is 2.40. The minimum atomic E-state index is -0.792. The van der Waals surface area contributed by atoms with E-state index < -0.39 is 23.4 Å². The molecule has 8 heteroatoms. The predicted octanol–water partition coefficient (Wildman–Crippen LogP) is 5.55. The molecule has 0 saturated heterocycles. The van der Waals surface area contributed by atoms with Gasteiger partial charge in [0.1, 0.15) is 0 Å². The third-order valence-corrected chi connectivity index (χ3v) is 5.36. The first-order chi connectivity index (χ1) is 17.4. The van der Waals surface area contributed by atoms with Crippen molar-refractivity contribution in [2.24, 2.45) is 0 Å². The van der Waals surface area contributed by atoms with Crippen LogP contribution >= 0.6 is 0 Å². The molecule has 0 aliphatic heterocycles. The number of nitro groups is 1. The van der Waals surface area contributed by atoms with Crippen molar-refractivity contribution in [3.05, 3.63) is 130 Å². The van der Waals surface area contributed by atoms with Crippen LogP contribution in [-0.2, 0) is 4.74 Å². The highest BCUT2D eigenvalue weighted by Gasteiger charge is 2.18. The first-order valence-electron chi connectivity index (χ1n) is 10.9. The van der Waals surface area contributed by atoms with E-state index in [0.717, 1.165) is 17.2 Å². The van der Waals surface area contributed by atoms with Crippen molar-refractivity contribution >= 4 is 29.0 Å². The molecule has 0 radical (unpaired) electrons. The monoisotopic (exact) mass is 480 g/mol. The summed E-state index contributed by atoms with van der Waals surface area (Å²) in [6.45, 7) is -0.476. The second-order valence-electron chi connectivity index (χ2n) is 7.75. The number of hydrogen-bond acceptors (Lipinski definition) is 6. The van der Waals surface area contributed by atoms with E-state index in [4.69, 9.17) is 4.74 Å². The number of nitrogens with one attached hydrogen (secondary N) is 1. The quantitative estimate of drug-likeness (QED) is 0.153. The number of para-hydroxylation sites is 1. The summed E-state index contributed by atoms with van der Waals surface area (Å²) in [7, 11) is 0. The predicted molar refractivity (Wildman–Crippen MR) is 134 cm³/mol. The zero-order valence-corrected chi connectivity index (χ0v) is 18.9. The number of hydrogen-bond donors (Lipinski definition) is 1. The van der Waals surface area contributed by atoms with Crippen LogP contribution in [0.3, 0.4) is 0 Å². The number of rotatable bonds is 8. The van der Waals surface area contributed by atoms with Crippen molar-refractivity contribution in [1.29, 1.82) is 0 Å². The van der Waals surface area contributed by atoms with E-state index in [0.29, 0.717) is 5.56 Å². The smallest absolute Gasteiger partial charge is 0.340 e. The highest BCUT2D eigenvalue weighted by Crippen LogP contribution is 2.21. The fraction of sp³-hybridized carbons (Fsp3) is 0.0357. The maximum absolute atomic E-state index is 12.7. The first kappa shape index (κ1) is 24.0. The number of Topliss-reactive ketones (excluding diaryl/α,β-unsaturated/α-hetero) is 1. The van der Waals surface area contributed by atoms with E-state index >= 15 is 0 Å². The minimum Gasteiger partial charge on any atom is -0.454 e. The maximum Gasteiger partial charge on any atom is 0.340 e. The molecule has 4 aromatic carbocycles. The molecule has 178 valence electrons. The third-order valence-electron chi connectivity index (χ3n) is 5.36. The Hall–Kier alpha value is -5.11. The Labute approximate surface area is 206 Å². The summed E-state index contributed by atoms with van der Waals surface area (Å²) in [6.07, 6.45) is 0. The first-order valence-corrected chi connectivity index (χ1v) is 10.9. The number of benzene rings is 4. The molecule has 0 aliphatic rings. The number of esters is 1. The lowest BCUT2D eigenvalue weighted by atomic mass is 10.0. The molecule has 4 rings (SSSR count). The second kappa shape index (κ2) is 10.9. The van der Waals surface area contributed by atoms with E-state index in [-0.39, 0.29) is 28.3 Å². The second-order valence-corrected chi connectivity index (χ2v) is 7.75. The van der Waals surface area contributed by atoms with Crippen LogP contribution in [0, 0.1) is 10.1 Å². The van der Waals surface area contributed by atoms with Gasteiger partial charge in [-0.05, 0) is 29.3 Å². The van der Waals surface area contributed by atoms with Crippen LogP contribution < -0.4 is 5.32 Å². The third kappa shape index (κ3) is 5.68. The number of carbonyl (C=O) groups is 3. The minimum absolute atomic E-state index is 0.0449. The summed E-state index contributed by atoms with van der Waals surface area (Å²) in [6, 6.07) is 28.1. The van der Waals surface area contributed by atoms with Gasteiger partial charge < -0.3 is 10.1 Å². The van der Waals surface area contributed by atoms with Crippen LogP contribution in [0.2, 0.25) is 0 Å². The fourth-order valence-electron chi connectivity index (χ4n) is 3.50. The molecular weight excluding hydrogens is 460 g/mol. The van der Waals surface area contributed by atoms with Gasteiger partial charge in [0, 0.05) is 23.3 Å². The molecule has 0 atom stereocenters. The largest absolute Gasteiger partial charge is 0.454 e. The van der Waals surface area contributed by atoms with Gasteiger partial charge >= 0.3 is 5.97 Å². The molecule has 0 unspecified atom stereocenters. The van der Waals surface area contributed by atoms with Crippen molar-refractivity contribution < 1.29 is 24.0 Å². The Bertz CT molecular complexity index is 1430.